The molecule has 0 aliphatic rings. The Bertz CT molecular complexity index is 67.8. The number of hydrogen-bond acceptors (Lipinski definition) is 1. The second-order valence-corrected chi connectivity index (χ2v) is 1.48. The van der Waals surface area contributed by atoms with Crippen molar-refractivity contribution in [3.05, 3.63) is 0 Å². The van der Waals surface area contributed by atoms with Crippen molar-refractivity contribution in [1.82, 2.24) is 0 Å². The zero-order chi connectivity index (χ0) is 5.91. The third kappa shape index (κ3) is 5.89. The quantitative estimate of drug-likeness (QED) is 0.495. The minimum Gasteiger partial charge on any atom is -0.275 e. The van der Waals surface area contributed by atoms with Gasteiger partial charge in [0.2, 0.25) is 0 Å². The third-order valence-corrected chi connectivity index (χ3v) is 0.732. The van der Waals surface area contributed by atoms with E-state index >= 15 is 0 Å². The predicted octanol–water partition coefficient (Wildman–Crippen LogP) is 1.84. The summed E-state index contributed by atoms with van der Waals surface area (Å²) in [6, 6.07) is 0. The molecule has 0 spiro atoms. The van der Waals surface area contributed by atoms with Gasteiger partial charge in [-0.2, -0.15) is 13.2 Å². The van der Waals surface area contributed by atoms with Crippen LogP contribution in [-0.4, -0.2) is 12.3 Å². The molecule has 0 saturated heterocycles. The van der Waals surface area contributed by atoms with Gasteiger partial charge in [-0.3, -0.25) is 4.57 Å². The maximum Gasteiger partial charge on any atom is 0.399 e. The molecular formula is C2H2F3OP. The smallest absolute Gasteiger partial charge is 0.275 e. The highest BCUT2D eigenvalue weighted by Crippen LogP contribution is 2.18. The average molecular weight is 130 g/mol. The standard InChI is InChI=1S/C2H2F3OP/c3-2(4,5)1-7-6/h1H2. The lowest BCUT2D eigenvalue weighted by Gasteiger charge is -1.95. The molecule has 0 radical (unpaired) electrons. The lowest BCUT2D eigenvalue weighted by molar-refractivity contribution is -0.105. The highest BCUT2D eigenvalue weighted by molar-refractivity contribution is 7.23. The second-order valence-electron chi connectivity index (χ2n) is 0.902. The molecule has 1 nitrogen and oxygen atoms in total. The molecule has 5 heteroatoms. The van der Waals surface area contributed by atoms with Crippen molar-refractivity contribution in [1.29, 1.82) is 0 Å². The van der Waals surface area contributed by atoms with Gasteiger partial charge in [0.05, 0.1) is 0 Å². The second kappa shape index (κ2) is 2.26. The van der Waals surface area contributed by atoms with Crippen LogP contribution in [0.4, 0.5) is 13.2 Å². The maximum absolute atomic E-state index is 10.8. The lowest BCUT2D eigenvalue weighted by atomic mass is 10.8. The highest BCUT2D eigenvalue weighted by atomic mass is 31.1. The van der Waals surface area contributed by atoms with Crippen LogP contribution in [0.3, 0.4) is 0 Å². The summed E-state index contributed by atoms with van der Waals surface area (Å²) in [6.07, 6.45) is -5.52. The van der Waals surface area contributed by atoms with Gasteiger partial charge in [-0.25, -0.2) is 0 Å². The van der Waals surface area contributed by atoms with E-state index in [0.29, 0.717) is 0 Å². The van der Waals surface area contributed by atoms with Crippen LogP contribution >= 0.6 is 8.46 Å². The summed E-state index contributed by atoms with van der Waals surface area (Å²) in [5.41, 5.74) is 0. The van der Waals surface area contributed by atoms with Crippen LogP contribution in [0.15, 0.2) is 0 Å². The lowest BCUT2D eigenvalue weighted by Crippen LogP contribution is -2.07. The zero-order valence-electron chi connectivity index (χ0n) is 3.20. The number of rotatable bonds is 1. The Morgan fingerprint density at radius 3 is 1.86 bits per heavy atom. The Morgan fingerprint density at radius 2 is 1.86 bits per heavy atom. The summed E-state index contributed by atoms with van der Waals surface area (Å²) < 4.78 is 41.7. The average Bonchev–Trinajstić information content (AvgIpc) is 1.30. The fourth-order valence-electron chi connectivity index (χ4n) is 0.0732. The first kappa shape index (κ1) is 6.89. The molecule has 0 rings (SSSR count). The number of halogens is 3. The molecule has 0 aromatic carbocycles. The van der Waals surface area contributed by atoms with E-state index in [1.165, 1.54) is 0 Å². The molecule has 0 aliphatic carbocycles. The normalized spacial score (nSPS) is 12.4. The van der Waals surface area contributed by atoms with Gasteiger partial charge in [0.1, 0.15) is 6.16 Å². The van der Waals surface area contributed by atoms with Crippen molar-refractivity contribution in [3.8, 4) is 0 Å². The summed E-state index contributed by atoms with van der Waals surface area (Å²) >= 11 is 0. The van der Waals surface area contributed by atoms with E-state index in [1.54, 1.807) is 0 Å². The van der Waals surface area contributed by atoms with Gasteiger partial charge < -0.3 is 0 Å². The largest absolute Gasteiger partial charge is 0.399 e. The first-order chi connectivity index (χ1) is 3.06. The van der Waals surface area contributed by atoms with E-state index in [1.807, 2.05) is 0 Å². The van der Waals surface area contributed by atoms with E-state index in [-0.39, 0.29) is 0 Å². The molecule has 7 heavy (non-hydrogen) atoms. The number of alkyl halides is 3. The molecule has 0 bridgehead atoms. The Hall–Kier alpha value is -0.110. The molecule has 0 amide bonds. The van der Waals surface area contributed by atoms with Crippen LogP contribution in [0.25, 0.3) is 0 Å². The van der Waals surface area contributed by atoms with Gasteiger partial charge in [0.15, 0.2) is 8.46 Å². The fraction of sp³-hybridized carbons (Fsp3) is 1.00. The Kier molecular flexibility index (Phi) is 2.23. The van der Waals surface area contributed by atoms with Crippen molar-refractivity contribution in [2.45, 2.75) is 6.18 Å². The summed E-state index contributed by atoms with van der Waals surface area (Å²) in [4.78, 5) is 0. The van der Waals surface area contributed by atoms with Gasteiger partial charge in [-0.1, -0.05) is 0 Å². The predicted molar refractivity (Wildman–Crippen MR) is 18.5 cm³/mol. The fourth-order valence-corrected chi connectivity index (χ4v) is 0.220. The maximum atomic E-state index is 10.8. The molecule has 0 unspecified atom stereocenters. The van der Waals surface area contributed by atoms with E-state index in [0.717, 1.165) is 0 Å². The topological polar surface area (TPSA) is 17.1 Å². The Balaban J connectivity index is 3.34. The van der Waals surface area contributed by atoms with Gasteiger partial charge in [-0.05, 0) is 0 Å². The highest BCUT2D eigenvalue weighted by Gasteiger charge is 2.26. The van der Waals surface area contributed by atoms with Crippen LogP contribution in [-0.2, 0) is 4.57 Å². The molecule has 0 aliphatic heterocycles. The van der Waals surface area contributed by atoms with Gasteiger partial charge in [0.25, 0.3) is 0 Å². The molecule has 0 heterocycles. The first-order valence-electron chi connectivity index (χ1n) is 1.42. The van der Waals surface area contributed by atoms with Crippen molar-refractivity contribution < 1.29 is 17.7 Å². The zero-order valence-corrected chi connectivity index (χ0v) is 4.09. The first-order valence-corrected chi connectivity index (χ1v) is 2.42. The summed E-state index contributed by atoms with van der Waals surface area (Å²) in [7, 11) is -0.866. The van der Waals surface area contributed by atoms with Crippen molar-refractivity contribution >= 4 is 8.46 Å². The molecular weight excluding hydrogens is 128 g/mol. The summed E-state index contributed by atoms with van der Waals surface area (Å²) in [5, 5.41) is 0. The van der Waals surface area contributed by atoms with Crippen LogP contribution in [0.5, 0.6) is 0 Å². The van der Waals surface area contributed by atoms with Crippen molar-refractivity contribution in [2.75, 3.05) is 6.16 Å². The minimum absolute atomic E-state index is 0.866. The van der Waals surface area contributed by atoms with Crippen LogP contribution < -0.4 is 0 Å². The van der Waals surface area contributed by atoms with Gasteiger partial charge in [0, 0.05) is 0 Å². The summed E-state index contributed by atoms with van der Waals surface area (Å²) in [5.74, 6) is 0. The molecule has 0 aromatic rings. The molecule has 0 N–H and O–H groups in total. The van der Waals surface area contributed by atoms with Crippen molar-refractivity contribution in [2.24, 2.45) is 0 Å². The van der Waals surface area contributed by atoms with Crippen LogP contribution in [0, 0.1) is 0 Å². The Labute approximate surface area is 39.7 Å². The summed E-state index contributed by atoms with van der Waals surface area (Å²) in [6.45, 7) is 0. The third-order valence-electron chi connectivity index (χ3n) is 0.244. The van der Waals surface area contributed by atoms with Crippen LogP contribution in [0.2, 0.25) is 0 Å². The number of hydrogen-bond donors (Lipinski definition) is 0. The van der Waals surface area contributed by atoms with E-state index in [9.17, 15) is 17.7 Å². The van der Waals surface area contributed by atoms with Crippen LogP contribution in [0.1, 0.15) is 0 Å². The molecule has 0 aromatic heterocycles. The SMILES string of the molecule is O=PCC(F)(F)F. The molecule has 0 fully saturated rings. The van der Waals surface area contributed by atoms with Gasteiger partial charge in [-0.15, -0.1) is 0 Å². The van der Waals surface area contributed by atoms with Gasteiger partial charge >= 0.3 is 6.18 Å². The van der Waals surface area contributed by atoms with Crippen molar-refractivity contribution in [3.63, 3.8) is 0 Å². The molecule has 0 atom stereocenters. The van der Waals surface area contributed by atoms with E-state index in [4.69, 9.17) is 0 Å². The monoisotopic (exact) mass is 130 g/mol. The molecule has 42 valence electrons. The van der Waals surface area contributed by atoms with E-state index in [2.05, 4.69) is 0 Å². The van der Waals surface area contributed by atoms with E-state index < -0.39 is 20.8 Å². The minimum atomic E-state index is -4.27. The Morgan fingerprint density at radius 1 is 1.43 bits per heavy atom. The molecule has 0 saturated carbocycles.